The Morgan fingerprint density at radius 2 is 1.78 bits per heavy atom. The molecule has 2 aromatic heterocycles. The summed E-state index contributed by atoms with van der Waals surface area (Å²) in [7, 11) is 0. The first kappa shape index (κ1) is 12.6. The second-order valence-electron chi connectivity index (χ2n) is 5.33. The van der Waals surface area contributed by atoms with Crippen LogP contribution < -0.4 is 0 Å². The Hall–Kier alpha value is -1.89. The summed E-state index contributed by atoms with van der Waals surface area (Å²) in [5, 5.41) is 17.5. The van der Waals surface area contributed by atoms with E-state index in [4.69, 9.17) is 5.26 Å². The third-order valence-corrected chi connectivity index (χ3v) is 3.29. The zero-order valence-corrected chi connectivity index (χ0v) is 11.3. The van der Waals surface area contributed by atoms with Crippen LogP contribution in [0, 0.1) is 23.2 Å². The van der Waals surface area contributed by atoms with E-state index < -0.39 is 0 Å². The predicted octanol–water partition coefficient (Wildman–Crippen LogP) is 3.00. The Bertz CT molecular complexity index is 581. The van der Waals surface area contributed by atoms with E-state index >= 15 is 0 Å². The maximum Gasteiger partial charge on any atom is 0.160 e. The van der Waals surface area contributed by atoms with Crippen LogP contribution in [0.25, 0.3) is 5.65 Å². The summed E-state index contributed by atoms with van der Waals surface area (Å²) in [5.41, 5.74) is 1.44. The molecule has 0 saturated heterocycles. The van der Waals surface area contributed by atoms with Crippen LogP contribution in [0.15, 0.2) is 18.3 Å². The molecule has 0 aliphatic heterocycles. The molecule has 2 aromatic rings. The summed E-state index contributed by atoms with van der Waals surface area (Å²) in [5.74, 6) is 2.27. The normalized spacial score (nSPS) is 11.7. The van der Waals surface area contributed by atoms with Crippen LogP contribution in [0.4, 0.5) is 0 Å². The van der Waals surface area contributed by atoms with Gasteiger partial charge in [0.1, 0.15) is 11.9 Å². The van der Waals surface area contributed by atoms with Gasteiger partial charge in [-0.3, -0.25) is 4.40 Å². The SMILES string of the molecule is CC(C)C(c1nnc2ccc(C#N)cn12)C(C)C. The van der Waals surface area contributed by atoms with E-state index in [1.807, 2.05) is 16.7 Å². The second-order valence-corrected chi connectivity index (χ2v) is 5.33. The first-order valence-corrected chi connectivity index (χ1v) is 6.29. The molecule has 2 rings (SSSR count). The number of fused-ring (bicyclic) bond motifs is 1. The maximum absolute atomic E-state index is 8.98. The Labute approximate surface area is 107 Å². The summed E-state index contributed by atoms with van der Waals surface area (Å²) >= 11 is 0. The Morgan fingerprint density at radius 3 is 2.33 bits per heavy atom. The van der Waals surface area contributed by atoms with Crippen molar-refractivity contribution in [3.05, 3.63) is 29.7 Å². The fourth-order valence-electron chi connectivity index (χ4n) is 2.57. The van der Waals surface area contributed by atoms with Crippen molar-refractivity contribution < 1.29 is 0 Å². The van der Waals surface area contributed by atoms with Crippen molar-refractivity contribution in [2.24, 2.45) is 11.8 Å². The molecule has 0 amide bonds. The lowest BCUT2D eigenvalue weighted by atomic mass is 9.85. The van der Waals surface area contributed by atoms with Crippen LogP contribution in [-0.2, 0) is 0 Å². The predicted molar refractivity (Wildman–Crippen MR) is 70.1 cm³/mol. The molecule has 0 saturated carbocycles. The topological polar surface area (TPSA) is 54.0 Å². The molecule has 0 atom stereocenters. The van der Waals surface area contributed by atoms with Crippen molar-refractivity contribution in [3.8, 4) is 6.07 Å². The van der Waals surface area contributed by atoms with Gasteiger partial charge in [-0.15, -0.1) is 10.2 Å². The summed E-state index contributed by atoms with van der Waals surface area (Å²) < 4.78 is 1.95. The quantitative estimate of drug-likeness (QED) is 0.831. The minimum atomic E-state index is 0.342. The van der Waals surface area contributed by atoms with Crippen molar-refractivity contribution in [1.82, 2.24) is 14.6 Å². The van der Waals surface area contributed by atoms with E-state index in [1.165, 1.54) is 0 Å². The minimum Gasteiger partial charge on any atom is -0.285 e. The molecule has 0 bridgehead atoms. The van der Waals surface area contributed by atoms with Crippen LogP contribution in [-0.4, -0.2) is 14.6 Å². The highest BCUT2D eigenvalue weighted by Gasteiger charge is 2.24. The van der Waals surface area contributed by atoms with Gasteiger partial charge in [-0.1, -0.05) is 27.7 Å². The Morgan fingerprint density at radius 1 is 1.11 bits per heavy atom. The molecule has 0 spiro atoms. The van der Waals surface area contributed by atoms with Crippen molar-refractivity contribution in [2.45, 2.75) is 33.6 Å². The smallest absolute Gasteiger partial charge is 0.160 e. The van der Waals surface area contributed by atoms with E-state index in [0.29, 0.717) is 23.3 Å². The number of aromatic nitrogens is 3. The summed E-state index contributed by atoms with van der Waals surface area (Å²) in [6, 6.07) is 5.77. The minimum absolute atomic E-state index is 0.342. The Kier molecular flexibility index (Phi) is 3.33. The number of rotatable bonds is 3. The number of nitrogens with zero attached hydrogens (tertiary/aromatic N) is 4. The van der Waals surface area contributed by atoms with Crippen molar-refractivity contribution in [1.29, 1.82) is 5.26 Å². The molecule has 0 N–H and O–H groups in total. The lowest BCUT2D eigenvalue weighted by Crippen LogP contribution is -2.16. The molecule has 18 heavy (non-hydrogen) atoms. The molecule has 4 nitrogen and oxygen atoms in total. The van der Waals surface area contributed by atoms with Crippen molar-refractivity contribution in [3.63, 3.8) is 0 Å². The number of nitriles is 1. The highest BCUT2D eigenvalue weighted by molar-refractivity contribution is 5.43. The second kappa shape index (κ2) is 4.77. The van der Waals surface area contributed by atoms with Gasteiger partial charge in [-0.25, -0.2) is 0 Å². The maximum atomic E-state index is 8.98. The average molecular weight is 242 g/mol. The van der Waals surface area contributed by atoms with Gasteiger partial charge in [0.25, 0.3) is 0 Å². The van der Waals surface area contributed by atoms with Gasteiger partial charge >= 0.3 is 0 Å². The van der Waals surface area contributed by atoms with E-state index in [-0.39, 0.29) is 0 Å². The number of pyridine rings is 1. The molecule has 4 heteroatoms. The van der Waals surface area contributed by atoms with Crippen LogP contribution in [0.1, 0.15) is 45.0 Å². The molecular weight excluding hydrogens is 224 g/mol. The van der Waals surface area contributed by atoms with Crippen LogP contribution >= 0.6 is 0 Å². The van der Waals surface area contributed by atoms with Gasteiger partial charge in [-0.05, 0) is 24.0 Å². The monoisotopic (exact) mass is 242 g/mol. The van der Waals surface area contributed by atoms with E-state index in [2.05, 4.69) is 44.0 Å². The highest BCUT2D eigenvalue weighted by atomic mass is 15.2. The summed E-state index contributed by atoms with van der Waals surface area (Å²) in [6.45, 7) is 8.78. The van der Waals surface area contributed by atoms with E-state index in [9.17, 15) is 0 Å². The third-order valence-electron chi connectivity index (χ3n) is 3.29. The van der Waals surface area contributed by atoms with Gasteiger partial charge in [0, 0.05) is 12.1 Å². The zero-order valence-electron chi connectivity index (χ0n) is 11.3. The Balaban J connectivity index is 2.60. The molecule has 0 aliphatic carbocycles. The first-order valence-electron chi connectivity index (χ1n) is 6.29. The molecule has 0 aliphatic rings. The van der Waals surface area contributed by atoms with Crippen molar-refractivity contribution >= 4 is 5.65 Å². The molecular formula is C14H18N4. The van der Waals surface area contributed by atoms with Gasteiger partial charge in [0.2, 0.25) is 0 Å². The largest absolute Gasteiger partial charge is 0.285 e. The molecule has 0 unspecified atom stereocenters. The number of hydrogen-bond donors (Lipinski definition) is 0. The fourth-order valence-corrected chi connectivity index (χ4v) is 2.57. The molecule has 0 radical (unpaired) electrons. The lowest BCUT2D eigenvalue weighted by molar-refractivity contribution is 0.369. The fraction of sp³-hybridized carbons (Fsp3) is 0.500. The van der Waals surface area contributed by atoms with Crippen LogP contribution in [0.5, 0.6) is 0 Å². The zero-order chi connectivity index (χ0) is 13.3. The standard InChI is InChI=1S/C14H18N4/c1-9(2)13(10(3)4)14-17-16-12-6-5-11(7-15)8-18(12)14/h5-6,8-10,13H,1-4H3. The van der Waals surface area contributed by atoms with Crippen LogP contribution in [0.2, 0.25) is 0 Å². The average Bonchev–Trinajstić information content (AvgIpc) is 2.71. The molecule has 0 fully saturated rings. The third kappa shape index (κ3) is 2.08. The van der Waals surface area contributed by atoms with E-state index in [0.717, 1.165) is 11.5 Å². The van der Waals surface area contributed by atoms with Gasteiger partial charge < -0.3 is 0 Å². The van der Waals surface area contributed by atoms with Crippen molar-refractivity contribution in [2.75, 3.05) is 0 Å². The molecule has 0 aromatic carbocycles. The summed E-state index contributed by atoms with van der Waals surface area (Å²) in [4.78, 5) is 0. The highest BCUT2D eigenvalue weighted by Crippen LogP contribution is 2.30. The van der Waals surface area contributed by atoms with Crippen LogP contribution in [0.3, 0.4) is 0 Å². The van der Waals surface area contributed by atoms with Gasteiger partial charge in [-0.2, -0.15) is 5.26 Å². The molecule has 94 valence electrons. The van der Waals surface area contributed by atoms with E-state index in [1.54, 1.807) is 6.07 Å². The lowest BCUT2D eigenvalue weighted by Gasteiger charge is -2.22. The van der Waals surface area contributed by atoms with Gasteiger partial charge in [0.15, 0.2) is 5.65 Å². The molecule has 2 heterocycles. The summed E-state index contributed by atoms with van der Waals surface area (Å²) in [6.07, 6.45) is 1.82. The van der Waals surface area contributed by atoms with Gasteiger partial charge in [0.05, 0.1) is 5.56 Å². The first-order chi connectivity index (χ1) is 8.54. The number of hydrogen-bond acceptors (Lipinski definition) is 3.